The van der Waals surface area contributed by atoms with Crippen LogP contribution in [0.3, 0.4) is 0 Å². The van der Waals surface area contributed by atoms with Gasteiger partial charge >= 0.3 is 0 Å². The van der Waals surface area contributed by atoms with Gasteiger partial charge in [-0.25, -0.2) is 9.67 Å². The van der Waals surface area contributed by atoms with Gasteiger partial charge in [-0.3, -0.25) is 9.59 Å². The molecule has 1 atom stereocenters. The minimum absolute atomic E-state index is 0.0731. The maximum Gasteiger partial charge on any atom is 0.250 e. The Morgan fingerprint density at radius 1 is 1.02 bits per heavy atom. The number of amides is 2. The minimum atomic E-state index is -1.18. The van der Waals surface area contributed by atoms with Crippen LogP contribution in [0.4, 0.5) is 11.4 Å². The Balaban J connectivity index is 1.46. The van der Waals surface area contributed by atoms with Gasteiger partial charge in [-0.05, 0) is 61.9 Å². The Morgan fingerprint density at radius 2 is 1.74 bits per heavy atom. The number of halogens is 1. The lowest BCUT2D eigenvalue weighted by Crippen LogP contribution is -2.57. The number of carbonyl (C=O) groups is 2. The molecule has 42 heavy (non-hydrogen) atoms. The summed E-state index contributed by atoms with van der Waals surface area (Å²) in [5.74, 6) is -0.551. The summed E-state index contributed by atoms with van der Waals surface area (Å²) in [6, 6.07) is 22.5. The smallest absolute Gasteiger partial charge is 0.250 e. The molecule has 2 amide bonds. The van der Waals surface area contributed by atoms with Crippen molar-refractivity contribution in [2.75, 3.05) is 24.3 Å². The molecular formula is C31H32ClN7O2S. The van der Waals surface area contributed by atoms with Crippen molar-refractivity contribution in [2.24, 2.45) is 0 Å². The summed E-state index contributed by atoms with van der Waals surface area (Å²) < 4.78 is 1.57. The fourth-order valence-corrected chi connectivity index (χ4v) is 5.56. The lowest BCUT2D eigenvalue weighted by atomic mass is 9.94. The number of rotatable bonds is 10. The van der Waals surface area contributed by atoms with Crippen molar-refractivity contribution in [1.29, 1.82) is 0 Å². The van der Waals surface area contributed by atoms with E-state index in [0.717, 1.165) is 22.5 Å². The van der Waals surface area contributed by atoms with Crippen molar-refractivity contribution in [3.63, 3.8) is 0 Å². The van der Waals surface area contributed by atoms with Gasteiger partial charge in [0, 0.05) is 41.4 Å². The van der Waals surface area contributed by atoms with Gasteiger partial charge in [-0.2, -0.15) is 0 Å². The van der Waals surface area contributed by atoms with E-state index in [9.17, 15) is 9.59 Å². The topological polar surface area (TPSA) is 96.2 Å². The van der Waals surface area contributed by atoms with Crippen LogP contribution in [0.5, 0.6) is 0 Å². The highest BCUT2D eigenvalue weighted by atomic mass is 35.5. The van der Waals surface area contributed by atoms with Crippen molar-refractivity contribution < 1.29 is 9.59 Å². The molecule has 0 aliphatic carbocycles. The molecule has 3 aromatic carbocycles. The van der Waals surface area contributed by atoms with Crippen LogP contribution in [-0.4, -0.2) is 56.3 Å². The molecule has 216 valence electrons. The SMILES string of the molecule is CCC(C)(C(=O)Nc1ccc(N(C)C)cc1)N(Cc1nc(-c2ccc(Cl)cc2)cs1)C(=O)Cn1nnc2ccccc21. The summed E-state index contributed by atoms with van der Waals surface area (Å²) in [5, 5.41) is 14.7. The molecule has 0 aliphatic rings. The van der Waals surface area contributed by atoms with E-state index in [0.29, 0.717) is 27.7 Å². The van der Waals surface area contributed by atoms with Gasteiger partial charge < -0.3 is 15.1 Å². The Kier molecular flexibility index (Phi) is 8.56. The average Bonchev–Trinajstić information content (AvgIpc) is 3.63. The Bertz CT molecular complexity index is 1700. The molecule has 1 N–H and O–H groups in total. The molecule has 2 heterocycles. The number of aromatic nitrogens is 4. The summed E-state index contributed by atoms with van der Waals surface area (Å²) in [6.07, 6.45) is 0.383. The van der Waals surface area contributed by atoms with Gasteiger partial charge in [-0.15, -0.1) is 16.4 Å². The summed E-state index contributed by atoms with van der Waals surface area (Å²) >= 11 is 7.51. The second-order valence-electron chi connectivity index (χ2n) is 10.4. The number of hydrogen-bond acceptors (Lipinski definition) is 7. The molecule has 0 bridgehead atoms. The van der Waals surface area contributed by atoms with Crippen LogP contribution < -0.4 is 10.2 Å². The molecule has 0 radical (unpaired) electrons. The Morgan fingerprint density at radius 3 is 2.43 bits per heavy atom. The van der Waals surface area contributed by atoms with E-state index < -0.39 is 5.54 Å². The van der Waals surface area contributed by atoms with E-state index >= 15 is 0 Å². The second-order valence-corrected chi connectivity index (χ2v) is 11.8. The van der Waals surface area contributed by atoms with E-state index in [2.05, 4.69) is 15.6 Å². The van der Waals surface area contributed by atoms with Crippen LogP contribution in [0, 0.1) is 0 Å². The van der Waals surface area contributed by atoms with Crippen LogP contribution in [0.25, 0.3) is 22.3 Å². The van der Waals surface area contributed by atoms with E-state index in [1.807, 2.05) is 104 Å². The highest BCUT2D eigenvalue weighted by Gasteiger charge is 2.41. The predicted molar refractivity (Wildman–Crippen MR) is 169 cm³/mol. The van der Waals surface area contributed by atoms with E-state index in [1.54, 1.807) is 16.5 Å². The summed E-state index contributed by atoms with van der Waals surface area (Å²) in [6.45, 7) is 3.78. The average molecular weight is 602 g/mol. The maximum absolute atomic E-state index is 14.1. The van der Waals surface area contributed by atoms with Crippen molar-refractivity contribution in [1.82, 2.24) is 24.9 Å². The molecule has 0 saturated carbocycles. The monoisotopic (exact) mass is 601 g/mol. The number of thiazole rings is 1. The lowest BCUT2D eigenvalue weighted by molar-refractivity contribution is -0.146. The molecular weight excluding hydrogens is 570 g/mol. The van der Waals surface area contributed by atoms with Gasteiger partial charge in [0.15, 0.2) is 0 Å². The normalized spacial score (nSPS) is 12.6. The number of nitrogens with one attached hydrogen (secondary N) is 1. The third-order valence-electron chi connectivity index (χ3n) is 7.41. The molecule has 0 spiro atoms. The first kappa shape index (κ1) is 29.2. The maximum atomic E-state index is 14.1. The fraction of sp³-hybridized carbons (Fsp3) is 0.258. The first-order valence-corrected chi connectivity index (χ1v) is 14.8. The highest BCUT2D eigenvalue weighted by molar-refractivity contribution is 7.09. The minimum Gasteiger partial charge on any atom is -0.378 e. The molecule has 0 fully saturated rings. The fourth-order valence-electron chi connectivity index (χ4n) is 4.64. The number of para-hydroxylation sites is 1. The van der Waals surface area contributed by atoms with Crippen LogP contribution in [0.2, 0.25) is 5.02 Å². The van der Waals surface area contributed by atoms with Gasteiger partial charge in [0.1, 0.15) is 22.6 Å². The van der Waals surface area contributed by atoms with Gasteiger partial charge in [0.2, 0.25) is 11.8 Å². The molecule has 5 aromatic rings. The van der Waals surface area contributed by atoms with Crippen molar-refractivity contribution in [3.05, 3.63) is 88.2 Å². The second kappa shape index (κ2) is 12.3. The summed E-state index contributed by atoms with van der Waals surface area (Å²) in [5.41, 5.74) is 3.63. The number of nitrogens with zero attached hydrogens (tertiary/aromatic N) is 6. The molecule has 1 unspecified atom stereocenters. The number of carbonyl (C=O) groups excluding carboxylic acids is 2. The van der Waals surface area contributed by atoms with Crippen molar-refractivity contribution >= 4 is 57.2 Å². The van der Waals surface area contributed by atoms with Gasteiger partial charge in [-0.1, -0.05) is 48.0 Å². The molecule has 5 rings (SSSR count). The van der Waals surface area contributed by atoms with Crippen molar-refractivity contribution in [2.45, 2.75) is 38.9 Å². The molecule has 11 heteroatoms. The van der Waals surface area contributed by atoms with Crippen LogP contribution in [0.1, 0.15) is 25.3 Å². The summed E-state index contributed by atoms with van der Waals surface area (Å²) in [4.78, 5) is 36.4. The summed E-state index contributed by atoms with van der Waals surface area (Å²) in [7, 11) is 3.92. The zero-order chi connectivity index (χ0) is 29.9. The zero-order valence-electron chi connectivity index (χ0n) is 23.9. The first-order chi connectivity index (χ1) is 20.2. The predicted octanol–water partition coefficient (Wildman–Crippen LogP) is 6.11. The lowest BCUT2D eigenvalue weighted by Gasteiger charge is -2.39. The molecule has 0 saturated heterocycles. The van der Waals surface area contributed by atoms with Crippen molar-refractivity contribution in [3.8, 4) is 11.3 Å². The Labute approximate surface area is 253 Å². The molecule has 9 nitrogen and oxygen atoms in total. The van der Waals surface area contributed by atoms with Gasteiger partial charge in [0.25, 0.3) is 0 Å². The van der Waals surface area contributed by atoms with E-state index in [1.165, 1.54) is 11.3 Å². The number of fused-ring (bicyclic) bond motifs is 1. The third-order valence-corrected chi connectivity index (χ3v) is 8.49. The standard InChI is InChI=1S/C31H32ClN7O2S/c1-5-31(2,30(41)33-23-14-16-24(17-15-23)37(3)4)38(29(40)19-39-27-9-7-6-8-25(27)35-36-39)18-28-34-26(20-42-28)21-10-12-22(32)13-11-21/h6-17,20H,5,18-19H2,1-4H3,(H,33,41). The molecule has 0 aliphatic heterocycles. The third kappa shape index (κ3) is 6.14. The highest BCUT2D eigenvalue weighted by Crippen LogP contribution is 2.29. The van der Waals surface area contributed by atoms with Crippen LogP contribution >= 0.6 is 22.9 Å². The number of anilines is 2. The van der Waals surface area contributed by atoms with E-state index in [4.69, 9.17) is 16.6 Å². The zero-order valence-corrected chi connectivity index (χ0v) is 25.5. The van der Waals surface area contributed by atoms with Crippen LogP contribution in [0.15, 0.2) is 78.2 Å². The first-order valence-electron chi connectivity index (χ1n) is 13.6. The number of hydrogen-bond donors (Lipinski definition) is 1. The Hall–Kier alpha value is -4.28. The largest absolute Gasteiger partial charge is 0.378 e. The number of benzene rings is 3. The quantitative estimate of drug-likeness (QED) is 0.207. The van der Waals surface area contributed by atoms with E-state index in [-0.39, 0.29) is 24.9 Å². The van der Waals surface area contributed by atoms with Gasteiger partial charge in [0.05, 0.1) is 17.8 Å². The van der Waals surface area contributed by atoms with Crippen LogP contribution in [-0.2, 0) is 22.7 Å². The molecule has 2 aromatic heterocycles.